The second kappa shape index (κ2) is 4.70. The molecule has 5 heteroatoms. The van der Waals surface area contributed by atoms with Crippen molar-refractivity contribution in [2.75, 3.05) is 5.32 Å². The van der Waals surface area contributed by atoms with Gasteiger partial charge in [-0.15, -0.1) is 0 Å². The number of pyridine rings is 1. The fraction of sp³-hybridized carbons (Fsp3) is 0.455. The molecule has 0 fully saturated rings. The van der Waals surface area contributed by atoms with E-state index in [1.54, 1.807) is 33.0 Å². The minimum absolute atomic E-state index is 0.316. The Balaban J connectivity index is 2.74. The van der Waals surface area contributed by atoms with Crippen LogP contribution in [0.25, 0.3) is 0 Å². The summed E-state index contributed by atoms with van der Waals surface area (Å²) in [6.07, 6.45) is 1.01. The van der Waals surface area contributed by atoms with Crippen LogP contribution < -0.4 is 5.32 Å². The molecule has 4 nitrogen and oxygen atoms in total. The third-order valence-corrected chi connectivity index (χ3v) is 2.18. The van der Waals surface area contributed by atoms with Crippen molar-refractivity contribution in [3.05, 3.63) is 22.8 Å². The SMILES string of the molecule is Cc1ccnc(NC(=O)OC(C)(C)C)c1Cl. The molecule has 0 saturated heterocycles. The van der Waals surface area contributed by atoms with Gasteiger partial charge in [0, 0.05) is 6.20 Å². The molecule has 0 atom stereocenters. The van der Waals surface area contributed by atoms with Crippen LogP contribution in [0.1, 0.15) is 26.3 Å². The van der Waals surface area contributed by atoms with E-state index in [1.165, 1.54) is 0 Å². The zero-order valence-electron chi connectivity index (χ0n) is 9.80. The van der Waals surface area contributed by atoms with E-state index < -0.39 is 11.7 Å². The summed E-state index contributed by atoms with van der Waals surface area (Å²) in [5, 5.41) is 2.93. The van der Waals surface area contributed by atoms with E-state index >= 15 is 0 Å². The second-order valence-electron chi connectivity index (χ2n) is 4.42. The molecule has 0 aliphatic carbocycles. The standard InChI is InChI=1S/C11H15ClN2O2/c1-7-5-6-13-9(8(7)12)14-10(15)16-11(2,3)4/h5-6H,1-4H3,(H,13,14,15). The summed E-state index contributed by atoms with van der Waals surface area (Å²) in [4.78, 5) is 15.4. The fourth-order valence-electron chi connectivity index (χ4n) is 1.03. The molecule has 1 amide bonds. The van der Waals surface area contributed by atoms with Gasteiger partial charge >= 0.3 is 6.09 Å². The van der Waals surface area contributed by atoms with Gasteiger partial charge in [0.25, 0.3) is 0 Å². The van der Waals surface area contributed by atoms with Crippen LogP contribution in [-0.4, -0.2) is 16.7 Å². The molecule has 0 aliphatic rings. The van der Waals surface area contributed by atoms with Crippen LogP contribution in [0.4, 0.5) is 10.6 Å². The van der Waals surface area contributed by atoms with E-state index in [4.69, 9.17) is 16.3 Å². The van der Waals surface area contributed by atoms with Crippen LogP contribution in [0, 0.1) is 6.92 Å². The lowest BCUT2D eigenvalue weighted by Gasteiger charge is -2.19. The quantitative estimate of drug-likeness (QED) is 0.821. The Morgan fingerprint density at radius 1 is 1.50 bits per heavy atom. The van der Waals surface area contributed by atoms with Gasteiger partial charge in [0.15, 0.2) is 5.82 Å². The van der Waals surface area contributed by atoms with E-state index in [-0.39, 0.29) is 0 Å². The van der Waals surface area contributed by atoms with Crippen molar-refractivity contribution < 1.29 is 9.53 Å². The van der Waals surface area contributed by atoms with Crippen molar-refractivity contribution in [1.29, 1.82) is 0 Å². The maximum atomic E-state index is 11.5. The Bertz CT molecular complexity index is 399. The van der Waals surface area contributed by atoms with Crippen molar-refractivity contribution >= 4 is 23.5 Å². The highest BCUT2D eigenvalue weighted by molar-refractivity contribution is 6.34. The molecule has 0 saturated carbocycles. The fourth-order valence-corrected chi connectivity index (χ4v) is 1.19. The number of nitrogens with one attached hydrogen (secondary N) is 1. The van der Waals surface area contributed by atoms with Gasteiger partial charge in [-0.1, -0.05) is 11.6 Å². The lowest BCUT2D eigenvalue weighted by atomic mass is 10.2. The average Bonchev–Trinajstić information content (AvgIpc) is 2.09. The normalized spacial score (nSPS) is 11.1. The lowest BCUT2D eigenvalue weighted by molar-refractivity contribution is 0.0635. The highest BCUT2D eigenvalue weighted by Gasteiger charge is 2.17. The van der Waals surface area contributed by atoms with Gasteiger partial charge < -0.3 is 4.74 Å². The van der Waals surface area contributed by atoms with Gasteiger partial charge in [0.1, 0.15) is 5.60 Å². The Morgan fingerprint density at radius 3 is 2.69 bits per heavy atom. The number of carbonyl (C=O) groups excluding carboxylic acids is 1. The number of aryl methyl sites for hydroxylation is 1. The summed E-state index contributed by atoms with van der Waals surface area (Å²) in [6.45, 7) is 7.21. The zero-order valence-corrected chi connectivity index (χ0v) is 10.6. The first-order valence-electron chi connectivity index (χ1n) is 4.91. The first-order chi connectivity index (χ1) is 7.29. The molecule has 0 radical (unpaired) electrons. The maximum absolute atomic E-state index is 11.5. The van der Waals surface area contributed by atoms with Gasteiger partial charge in [-0.3, -0.25) is 5.32 Å². The Morgan fingerprint density at radius 2 is 2.12 bits per heavy atom. The number of halogens is 1. The predicted molar refractivity (Wildman–Crippen MR) is 63.8 cm³/mol. The van der Waals surface area contributed by atoms with Crippen LogP contribution in [0.3, 0.4) is 0 Å². The van der Waals surface area contributed by atoms with Crippen LogP contribution >= 0.6 is 11.6 Å². The number of nitrogens with zero attached hydrogens (tertiary/aromatic N) is 1. The number of hydrogen-bond donors (Lipinski definition) is 1. The van der Waals surface area contributed by atoms with Gasteiger partial charge in [-0.2, -0.15) is 0 Å². The number of amides is 1. The summed E-state index contributed by atoms with van der Waals surface area (Å²) in [5.41, 5.74) is 0.308. The highest BCUT2D eigenvalue weighted by atomic mass is 35.5. The molecule has 1 rings (SSSR count). The molecule has 1 aromatic heterocycles. The minimum Gasteiger partial charge on any atom is -0.444 e. The second-order valence-corrected chi connectivity index (χ2v) is 4.80. The number of carbonyl (C=O) groups is 1. The molecule has 88 valence electrons. The zero-order chi connectivity index (χ0) is 12.3. The summed E-state index contributed by atoms with van der Waals surface area (Å²) >= 11 is 5.98. The summed E-state index contributed by atoms with van der Waals surface area (Å²) < 4.78 is 5.09. The molecule has 1 N–H and O–H groups in total. The van der Waals surface area contributed by atoms with E-state index in [0.717, 1.165) is 5.56 Å². The van der Waals surface area contributed by atoms with Gasteiger partial charge in [0.2, 0.25) is 0 Å². The number of ether oxygens (including phenoxy) is 1. The molecule has 0 aliphatic heterocycles. The molecule has 0 aromatic carbocycles. The van der Waals surface area contributed by atoms with Crippen LogP contribution in [0.5, 0.6) is 0 Å². The van der Waals surface area contributed by atoms with Gasteiger partial charge in [0.05, 0.1) is 5.02 Å². The average molecular weight is 243 g/mol. The Hall–Kier alpha value is -1.29. The van der Waals surface area contributed by atoms with Crippen LogP contribution in [0.15, 0.2) is 12.3 Å². The predicted octanol–water partition coefficient (Wildman–Crippen LogP) is 3.39. The summed E-state index contributed by atoms with van der Waals surface area (Å²) in [7, 11) is 0. The molecule has 0 bridgehead atoms. The number of anilines is 1. The first kappa shape index (κ1) is 12.8. The Kier molecular flexibility index (Phi) is 3.75. The number of rotatable bonds is 1. The van der Waals surface area contributed by atoms with E-state index in [0.29, 0.717) is 10.8 Å². The van der Waals surface area contributed by atoms with E-state index in [2.05, 4.69) is 10.3 Å². The molecule has 16 heavy (non-hydrogen) atoms. The monoisotopic (exact) mass is 242 g/mol. The minimum atomic E-state index is -0.563. The first-order valence-corrected chi connectivity index (χ1v) is 5.28. The smallest absolute Gasteiger partial charge is 0.413 e. The molecular formula is C11H15ClN2O2. The van der Waals surface area contributed by atoms with Crippen molar-refractivity contribution in [3.63, 3.8) is 0 Å². The lowest BCUT2D eigenvalue weighted by Crippen LogP contribution is -2.27. The number of aromatic nitrogens is 1. The third-order valence-electron chi connectivity index (χ3n) is 1.70. The van der Waals surface area contributed by atoms with Gasteiger partial charge in [-0.05, 0) is 39.3 Å². The Labute approximate surface area is 100.0 Å². The van der Waals surface area contributed by atoms with Crippen molar-refractivity contribution in [2.24, 2.45) is 0 Å². The molecular weight excluding hydrogens is 228 g/mol. The molecule has 0 spiro atoms. The summed E-state index contributed by atoms with van der Waals surface area (Å²) in [6, 6.07) is 1.77. The van der Waals surface area contributed by atoms with Crippen LogP contribution in [0.2, 0.25) is 5.02 Å². The maximum Gasteiger partial charge on any atom is 0.413 e. The molecule has 1 heterocycles. The molecule has 1 aromatic rings. The topological polar surface area (TPSA) is 51.2 Å². The summed E-state index contributed by atoms with van der Waals surface area (Å²) in [5.74, 6) is 0.316. The van der Waals surface area contributed by atoms with Gasteiger partial charge in [-0.25, -0.2) is 9.78 Å². The van der Waals surface area contributed by atoms with E-state index in [1.807, 2.05) is 6.92 Å². The van der Waals surface area contributed by atoms with Crippen LogP contribution in [-0.2, 0) is 4.74 Å². The van der Waals surface area contributed by atoms with Crippen molar-refractivity contribution in [3.8, 4) is 0 Å². The number of hydrogen-bond acceptors (Lipinski definition) is 3. The van der Waals surface area contributed by atoms with Crippen molar-refractivity contribution in [2.45, 2.75) is 33.3 Å². The third kappa shape index (κ3) is 3.70. The van der Waals surface area contributed by atoms with E-state index in [9.17, 15) is 4.79 Å². The van der Waals surface area contributed by atoms with Crippen molar-refractivity contribution in [1.82, 2.24) is 4.98 Å². The molecule has 0 unspecified atom stereocenters. The highest BCUT2D eigenvalue weighted by Crippen LogP contribution is 2.23. The largest absolute Gasteiger partial charge is 0.444 e.